The zero-order chi connectivity index (χ0) is 14.8. The third kappa shape index (κ3) is 2.74. The SMILES string of the molecule is O=C(O)c1ccc(F)c(Cc2ccc3ccccc3n2)c1. The first kappa shape index (κ1) is 13.2. The molecule has 1 aromatic heterocycles. The standard InChI is InChI=1S/C17H12FNO2/c18-15-8-6-12(17(20)21)9-13(15)10-14-7-5-11-3-1-2-4-16(11)19-14/h1-9H,10H2,(H,20,21). The lowest BCUT2D eigenvalue weighted by atomic mass is 10.0. The van der Waals surface area contributed by atoms with Crippen LogP contribution in [0.2, 0.25) is 0 Å². The van der Waals surface area contributed by atoms with Crippen LogP contribution in [0.5, 0.6) is 0 Å². The third-order valence-electron chi connectivity index (χ3n) is 3.32. The van der Waals surface area contributed by atoms with Crippen LogP contribution in [0.1, 0.15) is 21.6 Å². The minimum Gasteiger partial charge on any atom is -0.478 e. The summed E-state index contributed by atoms with van der Waals surface area (Å²) in [6.45, 7) is 0. The Morgan fingerprint density at radius 2 is 1.90 bits per heavy atom. The van der Waals surface area contributed by atoms with Crippen molar-refractivity contribution in [2.45, 2.75) is 6.42 Å². The van der Waals surface area contributed by atoms with E-state index in [1.807, 2.05) is 36.4 Å². The van der Waals surface area contributed by atoms with Gasteiger partial charge in [-0.25, -0.2) is 9.18 Å². The Balaban J connectivity index is 1.98. The number of para-hydroxylation sites is 1. The van der Waals surface area contributed by atoms with Crippen molar-refractivity contribution in [3.63, 3.8) is 0 Å². The molecule has 0 bridgehead atoms. The number of halogens is 1. The van der Waals surface area contributed by atoms with Gasteiger partial charge in [-0.2, -0.15) is 0 Å². The van der Waals surface area contributed by atoms with Gasteiger partial charge in [-0.05, 0) is 35.9 Å². The van der Waals surface area contributed by atoms with Gasteiger partial charge in [-0.3, -0.25) is 4.98 Å². The lowest BCUT2D eigenvalue weighted by Crippen LogP contribution is -2.01. The van der Waals surface area contributed by atoms with Crippen LogP contribution in [-0.4, -0.2) is 16.1 Å². The highest BCUT2D eigenvalue weighted by atomic mass is 19.1. The molecule has 3 aromatic rings. The first-order chi connectivity index (χ1) is 10.1. The van der Waals surface area contributed by atoms with E-state index in [9.17, 15) is 9.18 Å². The number of benzene rings is 2. The van der Waals surface area contributed by atoms with Gasteiger partial charge in [0.2, 0.25) is 0 Å². The maximum Gasteiger partial charge on any atom is 0.335 e. The second-order valence-electron chi connectivity index (χ2n) is 4.78. The quantitative estimate of drug-likeness (QED) is 0.797. The van der Waals surface area contributed by atoms with Crippen LogP contribution in [0.15, 0.2) is 54.6 Å². The highest BCUT2D eigenvalue weighted by molar-refractivity contribution is 5.87. The van der Waals surface area contributed by atoms with Gasteiger partial charge in [0, 0.05) is 17.5 Å². The number of aromatic nitrogens is 1. The third-order valence-corrected chi connectivity index (χ3v) is 3.32. The summed E-state index contributed by atoms with van der Waals surface area (Å²) in [6, 6.07) is 15.2. The topological polar surface area (TPSA) is 50.2 Å². The summed E-state index contributed by atoms with van der Waals surface area (Å²) in [6.07, 6.45) is 0.262. The van der Waals surface area contributed by atoms with E-state index in [0.29, 0.717) is 11.3 Å². The molecule has 0 aliphatic rings. The summed E-state index contributed by atoms with van der Waals surface area (Å²) < 4.78 is 13.8. The van der Waals surface area contributed by atoms with Gasteiger partial charge < -0.3 is 5.11 Å². The lowest BCUT2D eigenvalue weighted by Gasteiger charge is -2.06. The second-order valence-corrected chi connectivity index (χ2v) is 4.78. The van der Waals surface area contributed by atoms with Gasteiger partial charge in [0.1, 0.15) is 5.82 Å². The lowest BCUT2D eigenvalue weighted by molar-refractivity contribution is 0.0696. The maximum atomic E-state index is 13.8. The molecule has 0 radical (unpaired) electrons. The molecular formula is C17H12FNO2. The molecule has 2 aromatic carbocycles. The Bertz CT molecular complexity index is 830. The fourth-order valence-corrected chi connectivity index (χ4v) is 2.25. The van der Waals surface area contributed by atoms with Gasteiger partial charge >= 0.3 is 5.97 Å². The highest BCUT2D eigenvalue weighted by Gasteiger charge is 2.10. The van der Waals surface area contributed by atoms with Gasteiger partial charge in [0.25, 0.3) is 0 Å². The van der Waals surface area contributed by atoms with Crippen molar-refractivity contribution in [3.8, 4) is 0 Å². The van der Waals surface area contributed by atoms with E-state index >= 15 is 0 Å². The molecule has 0 saturated heterocycles. The smallest absolute Gasteiger partial charge is 0.335 e. The van der Waals surface area contributed by atoms with Crippen LogP contribution in [0.4, 0.5) is 4.39 Å². The Morgan fingerprint density at radius 1 is 1.10 bits per heavy atom. The van der Waals surface area contributed by atoms with E-state index in [-0.39, 0.29) is 12.0 Å². The number of carboxylic acids is 1. The summed E-state index contributed by atoms with van der Waals surface area (Å²) in [7, 11) is 0. The van der Waals surface area contributed by atoms with E-state index in [2.05, 4.69) is 4.98 Å². The normalized spacial score (nSPS) is 10.7. The van der Waals surface area contributed by atoms with Crippen molar-refractivity contribution in [1.82, 2.24) is 4.98 Å². The Kier molecular flexibility index (Phi) is 3.36. The largest absolute Gasteiger partial charge is 0.478 e. The van der Waals surface area contributed by atoms with Crippen molar-refractivity contribution >= 4 is 16.9 Å². The number of hydrogen-bond acceptors (Lipinski definition) is 2. The molecule has 21 heavy (non-hydrogen) atoms. The average molecular weight is 281 g/mol. The van der Waals surface area contributed by atoms with E-state index in [1.165, 1.54) is 18.2 Å². The summed E-state index contributed by atoms with van der Waals surface area (Å²) in [5, 5.41) is 9.98. The minimum atomic E-state index is -1.07. The molecule has 0 amide bonds. The number of aromatic carboxylic acids is 1. The van der Waals surface area contributed by atoms with Gasteiger partial charge in [-0.15, -0.1) is 0 Å². The number of carbonyl (C=O) groups is 1. The fourth-order valence-electron chi connectivity index (χ4n) is 2.25. The molecule has 3 nitrogen and oxygen atoms in total. The number of hydrogen-bond donors (Lipinski definition) is 1. The number of nitrogens with zero attached hydrogens (tertiary/aromatic N) is 1. The van der Waals surface area contributed by atoms with Crippen LogP contribution in [0, 0.1) is 5.82 Å². The van der Waals surface area contributed by atoms with Crippen LogP contribution in [-0.2, 0) is 6.42 Å². The molecule has 0 aliphatic carbocycles. The van der Waals surface area contributed by atoms with E-state index in [4.69, 9.17) is 5.11 Å². The van der Waals surface area contributed by atoms with Crippen molar-refractivity contribution in [2.75, 3.05) is 0 Å². The molecule has 104 valence electrons. The predicted molar refractivity (Wildman–Crippen MR) is 77.9 cm³/mol. The zero-order valence-electron chi connectivity index (χ0n) is 11.1. The average Bonchev–Trinajstić information content (AvgIpc) is 2.49. The summed E-state index contributed by atoms with van der Waals surface area (Å²) in [5.41, 5.74) is 1.95. The van der Waals surface area contributed by atoms with Gasteiger partial charge in [0.05, 0.1) is 11.1 Å². The Morgan fingerprint density at radius 3 is 2.71 bits per heavy atom. The van der Waals surface area contributed by atoms with Crippen LogP contribution in [0.25, 0.3) is 10.9 Å². The van der Waals surface area contributed by atoms with Crippen LogP contribution >= 0.6 is 0 Å². The van der Waals surface area contributed by atoms with Crippen molar-refractivity contribution in [3.05, 3.63) is 77.2 Å². The molecule has 0 aliphatic heterocycles. The predicted octanol–water partition coefficient (Wildman–Crippen LogP) is 3.66. The minimum absolute atomic E-state index is 0.0761. The molecule has 0 unspecified atom stereocenters. The highest BCUT2D eigenvalue weighted by Crippen LogP contribution is 2.17. The summed E-state index contributed by atoms with van der Waals surface area (Å²) >= 11 is 0. The van der Waals surface area contributed by atoms with Gasteiger partial charge in [0.15, 0.2) is 0 Å². The number of carboxylic acid groups (broad SMARTS) is 1. The van der Waals surface area contributed by atoms with E-state index < -0.39 is 11.8 Å². The maximum absolute atomic E-state index is 13.8. The van der Waals surface area contributed by atoms with Crippen molar-refractivity contribution < 1.29 is 14.3 Å². The zero-order valence-corrected chi connectivity index (χ0v) is 11.1. The molecule has 0 atom stereocenters. The van der Waals surface area contributed by atoms with Crippen molar-refractivity contribution in [1.29, 1.82) is 0 Å². The molecule has 3 rings (SSSR count). The summed E-state index contributed by atoms with van der Waals surface area (Å²) in [4.78, 5) is 15.4. The number of pyridine rings is 1. The summed E-state index contributed by atoms with van der Waals surface area (Å²) in [5.74, 6) is -1.49. The van der Waals surface area contributed by atoms with Crippen LogP contribution < -0.4 is 0 Å². The molecule has 1 N–H and O–H groups in total. The van der Waals surface area contributed by atoms with Crippen LogP contribution in [0.3, 0.4) is 0 Å². The molecule has 0 spiro atoms. The van der Waals surface area contributed by atoms with E-state index in [1.54, 1.807) is 0 Å². The Labute approximate surface area is 120 Å². The Hall–Kier alpha value is -2.75. The fraction of sp³-hybridized carbons (Fsp3) is 0.0588. The molecule has 4 heteroatoms. The van der Waals surface area contributed by atoms with E-state index in [0.717, 1.165) is 10.9 Å². The number of rotatable bonds is 3. The molecular weight excluding hydrogens is 269 g/mol. The molecule has 0 saturated carbocycles. The first-order valence-corrected chi connectivity index (χ1v) is 6.50. The first-order valence-electron chi connectivity index (χ1n) is 6.50. The van der Waals surface area contributed by atoms with Crippen molar-refractivity contribution in [2.24, 2.45) is 0 Å². The van der Waals surface area contributed by atoms with Gasteiger partial charge in [-0.1, -0.05) is 24.3 Å². The monoisotopic (exact) mass is 281 g/mol. The molecule has 1 heterocycles. The second kappa shape index (κ2) is 5.32. The molecule has 0 fully saturated rings. The number of fused-ring (bicyclic) bond motifs is 1.